The second-order valence-electron chi connectivity index (χ2n) is 4.14. The van der Waals surface area contributed by atoms with Crippen molar-refractivity contribution >= 4 is 24.0 Å². The van der Waals surface area contributed by atoms with Gasteiger partial charge in [-0.15, -0.1) is 0 Å². The molecule has 0 aliphatic rings. The second kappa shape index (κ2) is 5.75. The molecular formula is C13H9BClF4O-. The van der Waals surface area contributed by atoms with Crippen LogP contribution in [0, 0.1) is 5.82 Å². The van der Waals surface area contributed by atoms with E-state index in [4.69, 9.17) is 16.3 Å². The van der Waals surface area contributed by atoms with Gasteiger partial charge in [0.1, 0.15) is 12.4 Å². The van der Waals surface area contributed by atoms with Crippen LogP contribution in [0.15, 0.2) is 42.5 Å². The molecule has 2 aromatic rings. The molecule has 0 unspecified atom stereocenters. The predicted octanol–water partition coefficient (Wildman–Crippen LogP) is 4.11. The Bertz CT molecular complexity index is 616. The molecule has 0 atom stereocenters. The summed E-state index contributed by atoms with van der Waals surface area (Å²) in [6, 6.07) is 8.98. The molecule has 0 aliphatic heterocycles. The summed E-state index contributed by atoms with van der Waals surface area (Å²) in [5.41, 5.74) is -0.531. The zero-order valence-corrected chi connectivity index (χ0v) is 10.9. The molecule has 2 rings (SSSR count). The molecule has 0 spiro atoms. The third-order valence-corrected chi connectivity index (χ3v) is 3.03. The maximum atomic E-state index is 12.9. The van der Waals surface area contributed by atoms with Crippen LogP contribution < -0.4 is 10.2 Å². The van der Waals surface area contributed by atoms with Crippen LogP contribution in [-0.2, 0) is 6.61 Å². The van der Waals surface area contributed by atoms with Crippen LogP contribution in [0.4, 0.5) is 17.3 Å². The molecule has 2 aromatic carbocycles. The molecule has 106 valence electrons. The Hall–Kier alpha value is -1.69. The van der Waals surface area contributed by atoms with Gasteiger partial charge in [-0.2, -0.15) is 0 Å². The first-order valence-corrected chi connectivity index (χ1v) is 6.11. The maximum absolute atomic E-state index is 12.9. The number of halogens is 5. The topological polar surface area (TPSA) is 9.23 Å². The molecule has 7 heteroatoms. The van der Waals surface area contributed by atoms with Gasteiger partial charge >= 0.3 is 6.98 Å². The largest absolute Gasteiger partial charge is 0.513 e. The lowest BCUT2D eigenvalue weighted by molar-refractivity contribution is 0.306. The number of rotatable bonds is 4. The van der Waals surface area contributed by atoms with Crippen molar-refractivity contribution in [1.82, 2.24) is 0 Å². The van der Waals surface area contributed by atoms with Crippen LogP contribution >= 0.6 is 11.6 Å². The Morgan fingerprint density at radius 2 is 1.75 bits per heavy atom. The van der Waals surface area contributed by atoms with Crippen molar-refractivity contribution in [1.29, 1.82) is 0 Å². The molecule has 0 saturated heterocycles. The fraction of sp³-hybridized carbons (Fsp3) is 0.0769. The fourth-order valence-electron chi connectivity index (χ4n) is 1.68. The van der Waals surface area contributed by atoms with Gasteiger partial charge in [-0.1, -0.05) is 35.3 Å². The molecule has 0 heterocycles. The van der Waals surface area contributed by atoms with E-state index in [1.807, 2.05) is 0 Å². The molecule has 0 aliphatic carbocycles. The zero-order chi connectivity index (χ0) is 14.8. The summed E-state index contributed by atoms with van der Waals surface area (Å²) in [5, 5.41) is 0.397. The Labute approximate surface area is 118 Å². The van der Waals surface area contributed by atoms with Crippen molar-refractivity contribution in [2.75, 3.05) is 0 Å². The smallest absolute Gasteiger partial charge is 0.492 e. The van der Waals surface area contributed by atoms with Crippen molar-refractivity contribution < 1.29 is 22.1 Å². The van der Waals surface area contributed by atoms with Crippen LogP contribution in [0.25, 0.3) is 0 Å². The van der Waals surface area contributed by atoms with Gasteiger partial charge in [-0.25, -0.2) is 4.39 Å². The van der Waals surface area contributed by atoms with E-state index in [1.165, 1.54) is 0 Å². The van der Waals surface area contributed by atoms with Gasteiger partial charge in [0.25, 0.3) is 0 Å². The normalized spacial score (nSPS) is 11.4. The van der Waals surface area contributed by atoms with Crippen LogP contribution in [0.3, 0.4) is 0 Å². The number of ether oxygens (including phenoxy) is 1. The predicted molar refractivity (Wildman–Crippen MR) is 70.9 cm³/mol. The van der Waals surface area contributed by atoms with Crippen molar-refractivity contribution in [3.63, 3.8) is 0 Å². The molecule has 0 saturated carbocycles. The highest BCUT2D eigenvalue weighted by Gasteiger charge is 2.29. The molecular weight excluding hydrogens is 294 g/mol. The van der Waals surface area contributed by atoms with E-state index in [1.54, 1.807) is 24.3 Å². The van der Waals surface area contributed by atoms with E-state index in [-0.39, 0.29) is 6.61 Å². The van der Waals surface area contributed by atoms with Gasteiger partial charge < -0.3 is 17.7 Å². The van der Waals surface area contributed by atoms with E-state index in [9.17, 15) is 17.3 Å². The molecule has 0 N–H and O–H groups in total. The Kier molecular flexibility index (Phi) is 4.23. The second-order valence-corrected chi connectivity index (χ2v) is 4.54. The molecule has 20 heavy (non-hydrogen) atoms. The standard InChI is InChI=1S/C13H9BClF4O/c15-12-4-2-1-3-9(12)8-20-13-6-5-10(16)7-11(13)14(17,18)19/h1-7H,8H2/q-1. The van der Waals surface area contributed by atoms with Crippen molar-refractivity contribution in [3.8, 4) is 5.75 Å². The summed E-state index contributed by atoms with van der Waals surface area (Å²) in [5.74, 6) is -1.36. The first-order chi connectivity index (χ1) is 9.38. The van der Waals surface area contributed by atoms with Gasteiger partial charge in [0.05, 0.1) is 5.75 Å². The first kappa shape index (κ1) is 14.7. The van der Waals surface area contributed by atoms with Gasteiger partial charge in [-0.05, 0) is 24.3 Å². The highest BCUT2D eigenvalue weighted by Crippen LogP contribution is 2.21. The minimum atomic E-state index is -5.35. The summed E-state index contributed by atoms with van der Waals surface area (Å²) in [6.07, 6.45) is 0. The van der Waals surface area contributed by atoms with Crippen LogP contribution in [0.1, 0.15) is 5.56 Å². The summed E-state index contributed by atoms with van der Waals surface area (Å²) >= 11 is 5.89. The minimum absolute atomic E-state index is 0.121. The van der Waals surface area contributed by atoms with Gasteiger partial charge in [-0.3, -0.25) is 0 Å². The van der Waals surface area contributed by atoms with E-state index < -0.39 is 24.0 Å². The van der Waals surface area contributed by atoms with E-state index in [0.29, 0.717) is 16.7 Å². The van der Waals surface area contributed by atoms with Crippen LogP contribution in [-0.4, -0.2) is 6.98 Å². The molecule has 0 amide bonds. The lowest BCUT2D eigenvalue weighted by Crippen LogP contribution is -2.35. The lowest BCUT2D eigenvalue weighted by Gasteiger charge is -2.20. The van der Waals surface area contributed by atoms with E-state index in [0.717, 1.165) is 12.1 Å². The summed E-state index contributed by atoms with van der Waals surface area (Å²) in [7, 11) is 0. The van der Waals surface area contributed by atoms with Crippen molar-refractivity contribution in [2.45, 2.75) is 6.61 Å². The monoisotopic (exact) mass is 303 g/mol. The van der Waals surface area contributed by atoms with Crippen molar-refractivity contribution in [2.24, 2.45) is 0 Å². The molecule has 0 radical (unpaired) electrons. The van der Waals surface area contributed by atoms with Gasteiger partial charge in [0, 0.05) is 10.6 Å². The third-order valence-electron chi connectivity index (χ3n) is 2.67. The quantitative estimate of drug-likeness (QED) is 0.610. The fourth-order valence-corrected chi connectivity index (χ4v) is 1.87. The highest BCUT2D eigenvalue weighted by atomic mass is 35.5. The average Bonchev–Trinajstić information content (AvgIpc) is 2.38. The Balaban J connectivity index is 2.24. The van der Waals surface area contributed by atoms with Gasteiger partial charge in [0.2, 0.25) is 0 Å². The van der Waals surface area contributed by atoms with Gasteiger partial charge in [0.15, 0.2) is 0 Å². The SMILES string of the molecule is Fc1ccc(OCc2ccccc2Cl)c([B-](F)(F)F)c1. The van der Waals surface area contributed by atoms with E-state index in [2.05, 4.69) is 0 Å². The molecule has 0 aromatic heterocycles. The van der Waals surface area contributed by atoms with Crippen LogP contribution in [0.2, 0.25) is 5.02 Å². The summed E-state index contributed by atoms with van der Waals surface area (Å²) in [4.78, 5) is 0. The highest BCUT2D eigenvalue weighted by molar-refractivity contribution is 6.74. The first-order valence-electron chi connectivity index (χ1n) is 5.73. The lowest BCUT2D eigenvalue weighted by atomic mass is 9.79. The Morgan fingerprint density at radius 3 is 2.40 bits per heavy atom. The number of benzene rings is 2. The van der Waals surface area contributed by atoms with Crippen LogP contribution in [0.5, 0.6) is 5.75 Å². The van der Waals surface area contributed by atoms with E-state index >= 15 is 0 Å². The third kappa shape index (κ3) is 3.45. The molecule has 0 fully saturated rings. The minimum Gasteiger partial charge on any atom is -0.492 e. The Morgan fingerprint density at radius 1 is 1.05 bits per heavy atom. The summed E-state index contributed by atoms with van der Waals surface area (Å²) in [6.45, 7) is -5.47. The van der Waals surface area contributed by atoms with Crippen molar-refractivity contribution in [3.05, 3.63) is 58.9 Å². The number of hydrogen-bond donors (Lipinski definition) is 0. The average molecular weight is 303 g/mol. The maximum Gasteiger partial charge on any atom is 0.513 e. The molecule has 1 nitrogen and oxygen atoms in total. The molecule has 0 bridgehead atoms. The zero-order valence-electron chi connectivity index (χ0n) is 10.1. The summed E-state index contributed by atoms with van der Waals surface area (Å²) < 4.78 is 56.5. The number of hydrogen-bond acceptors (Lipinski definition) is 1.